The summed E-state index contributed by atoms with van der Waals surface area (Å²) in [4.78, 5) is 15.9. The normalized spacial score (nSPS) is 14.0. The molecule has 0 bridgehead atoms. The standard InChI is InChI=1S/C25H24FN5O/c1-16-6-7-28-22(12-16)24-17(2)25(23-20(26)4-3-5-21(23)30-24)29-18-13-19(15-27-14-18)31-8-10-32-11-9-31/h3-7,12-15H,8-11H2,1-2H3,(H,29,30). The number of benzene rings is 1. The topological polar surface area (TPSA) is 63.2 Å². The van der Waals surface area contributed by atoms with Crippen LogP contribution >= 0.6 is 0 Å². The van der Waals surface area contributed by atoms with E-state index in [0.29, 0.717) is 29.8 Å². The molecule has 1 aromatic carbocycles. The summed E-state index contributed by atoms with van der Waals surface area (Å²) >= 11 is 0. The second-order valence-electron chi connectivity index (χ2n) is 7.97. The molecule has 0 aliphatic carbocycles. The van der Waals surface area contributed by atoms with Gasteiger partial charge in [0.05, 0.1) is 65.0 Å². The lowest BCUT2D eigenvalue weighted by molar-refractivity contribution is 0.122. The smallest absolute Gasteiger partial charge is 0.134 e. The Labute approximate surface area is 186 Å². The molecule has 6 nitrogen and oxygen atoms in total. The van der Waals surface area contributed by atoms with Gasteiger partial charge in [0.1, 0.15) is 5.82 Å². The molecule has 7 heteroatoms. The highest BCUT2D eigenvalue weighted by molar-refractivity contribution is 5.98. The number of fused-ring (bicyclic) bond motifs is 1. The molecule has 0 unspecified atom stereocenters. The largest absolute Gasteiger partial charge is 0.378 e. The van der Waals surface area contributed by atoms with Gasteiger partial charge >= 0.3 is 0 Å². The Morgan fingerprint density at radius 3 is 2.72 bits per heavy atom. The van der Waals surface area contributed by atoms with Crippen molar-refractivity contribution in [2.45, 2.75) is 13.8 Å². The highest BCUT2D eigenvalue weighted by atomic mass is 19.1. The van der Waals surface area contributed by atoms with Crippen LogP contribution in [0.5, 0.6) is 0 Å². The average molecular weight is 429 g/mol. The van der Waals surface area contributed by atoms with Gasteiger partial charge in [0.25, 0.3) is 0 Å². The zero-order chi connectivity index (χ0) is 22.1. The molecular formula is C25H24FN5O. The van der Waals surface area contributed by atoms with Crippen molar-refractivity contribution in [1.29, 1.82) is 0 Å². The third-order valence-corrected chi connectivity index (χ3v) is 5.73. The van der Waals surface area contributed by atoms with Crippen molar-refractivity contribution in [3.8, 4) is 11.4 Å². The summed E-state index contributed by atoms with van der Waals surface area (Å²) in [7, 11) is 0. The zero-order valence-electron chi connectivity index (χ0n) is 18.1. The summed E-state index contributed by atoms with van der Waals surface area (Å²) in [6.45, 7) is 7.00. The lowest BCUT2D eigenvalue weighted by Gasteiger charge is -2.28. The van der Waals surface area contributed by atoms with Gasteiger partial charge in [-0.15, -0.1) is 0 Å². The number of aromatic nitrogens is 3. The second-order valence-corrected chi connectivity index (χ2v) is 7.97. The molecule has 32 heavy (non-hydrogen) atoms. The Balaban J connectivity index is 1.62. The van der Waals surface area contributed by atoms with E-state index in [-0.39, 0.29) is 5.82 Å². The van der Waals surface area contributed by atoms with E-state index in [1.165, 1.54) is 6.07 Å². The minimum Gasteiger partial charge on any atom is -0.378 e. The molecule has 0 radical (unpaired) electrons. The summed E-state index contributed by atoms with van der Waals surface area (Å²) in [6, 6.07) is 10.9. The highest BCUT2D eigenvalue weighted by Crippen LogP contribution is 2.36. The molecule has 4 heterocycles. The van der Waals surface area contributed by atoms with Crippen molar-refractivity contribution >= 4 is 28.0 Å². The molecule has 3 aromatic heterocycles. The van der Waals surface area contributed by atoms with Crippen molar-refractivity contribution in [2.75, 3.05) is 36.5 Å². The van der Waals surface area contributed by atoms with Crippen LogP contribution < -0.4 is 10.2 Å². The highest BCUT2D eigenvalue weighted by Gasteiger charge is 2.18. The molecule has 1 N–H and O–H groups in total. The number of hydrogen-bond acceptors (Lipinski definition) is 6. The molecule has 0 amide bonds. The van der Waals surface area contributed by atoms with Gasteiger partial charge in [-0.2, -0.15) is 0 Å². The van der Waals surface area contributed by atoms with Crippen LogP contribution in [0, 0.1) is 19.7 Å². The van der Waals surface area contributed by atoms with Gasteiger partial charge < -0.3 is 15.0 Å². The van der Waals surface area contributed by atoms with Gasteiger partial charge in [0.2, 0.25) is 0 Å². The maximum atomic E-state index is 15.0. The van der Waals surface area contributed by atoms with E-state index in [4.69, 9.17) is 9.72 Å². The number of pyridine rings is 3. The molecule has 0 spiro atoms. The number of hydrogen-bond donors (Lipinski definition) is 1. The van der Waals surface area contributed by atoms with E-state index in [1.807, 2.05) is 44.3 Å². The summed E-state index contributed by atoms with van der Waals surface area (Å²) in [6.07, 6.45) is 5.36. The number of halogens is 1. The number of ether oxygens (including phenoxy) is 1. The fraction of sp³-hybridized carbons (Fsp3) is 0.240. The molecule has 1 aliphatic heterocycles. The first-order valence-corrected chi connectivity index (χ1v) is 10.7. The number of aryl methyl sites for hydroxylation is 1. The molecule has 4 aromatic rings. The zero-order valence-corrected chi connectivity index (χ0v) is 18.1. The first-order valence-electron chi connectivity index (χ1n) is 10.7. The Bertz CT molecular complexity index is 1290. The SMILES string of the molecule is Cc1ccnc(-c2nc3cccc(F)c3c(Nc3cncc(N4CCOCC4)c3)c2C)c1. The van der Waals surface area contributed by atoms with Gasteiger partial charge in [0.15, 0.2) is 0 Å². The van der Waals surface area contributed by atoms with Gasteiger partial charge in [0, 0.05) is 24.8 Å². The lowest BCUT2D eigenvalue weighted by atomic mass is 10.0. The van der Waals surface area contributed by atoms with Gasteiger partial charge in [-0.1, -0.05) is 6.07 Å². The number of rotatable bonds is 4. The molecule has 0 atom stereocenters. The Hall–Kier alpha value is -3.58. The minimum atomic E-state index is -0.318. The summed E-state index contributed by atoms with van der Waals surface area (Å²) < 4.78 is 20.4. The van der Waals surface area contributed by atoms with E-state index in [9.17, 15) is 4.39 Å². The minimum absolute atomic E-state index is 0.318. The van der Waals surface area contributed by atoms with Crippen LogP contribution in [-0.4, -0.2) is 41.3 Å². The van der Waals surface area contributed by atoms with Crippen molar-refractivity contribution < 1.29 is 9.13 Å². The van der Waals surface area contributed by atoms with Crippen LogP contribution in [0.3, 0.4) is 0 Å². The summed E-state index contributed by atoms with van der Waals surface area (Å²) in [5.74, 6) is -0.318. The van der Waals surface area contributed by atoms with Gasteiger partial charge in [-0.25, -0.2) is 9.37 Å². The van der Waals surface area contributed by atoms with Crippen LogP contribution in [0.1, 0.15) is 11.1 Å². The number of nitrogens with zero attached hydrogens (tertiary/aromatic N) is 4. The van der Waals surface area contributed by atoms with Crippen LogP contribution in [-0.2, 0) is 4.74 Å². The first kappa shape index (κ1) is 20.3. The van der Waals surface area contributed by atoms with Gasteiger partial charge in [-0.05, 0) is 49.7 Å². The van der Waals surface area contributed by atoms with E-state index in [1.54, 1.807) is 18.5 Å². The van der Waals surface area contributed by atoms with E-state index in [0.717, 1.165) is 47.0 Å². The molecular weight excluding hydrogens is 405 g/mol. The van der Waals surface area contributed by atoms with Crippen LogP contribution in [0.25, 0.3) is 22.3 Å². The van der Waals surface area contributed by atoms with Crippen LogP contribution in [0.4, 0.5) is 21.5 Å². The lowest BCUT2D eigenvalue weighted by Crippen LogP contribution is -2.36. The fourth-order valence-corrected chi connectivity index (χ4v) is 4.07. The van der Waals surface area contributed by atoms with Crippen LogP contribution in [0.2, 0.25) is 0 Å². The molecule has 1 aliphatic rings. The second kappa shape index (κ2) is 8.51. The average Bonchev–Trinajstić information content (AvgIpc) is 2.81. The maximum absolute atomic E-state index is 15.0. The number of anilines is 3. The third kappa shape index (κ3) is 3.87. The van der Waals surface area contributed by atoms with Gasteiger partial charge in [-0.3, -0.25) is 9.97 Å². The summed E-state index contributed by atoms with van der Waals surface area (Å²) in [5.41, 5.74) is 6.46. The predicted molar refractivity (Wildman–Crippen MR) is 125 cm³/mol. The predicted octanol–water partition coefficient (Wildman–Crippen LogP) is 5.03. The monoisotopic (exact) mass is 429 g/mol. The van der Waals surface area contributed by atoms with Crippen molar-refractivity contribution in [3.63, 3.8) is 0 Å². The Kier molecular flexibility index (Phi) is 5.41. The quantitative estimate of drug-likeness (QED) is 0.491. The number of nitrogens with one attached hydrogen (secondary N) is 1. The van der Waals surface area contributed by atoms with Crippen LogP contribution in [0.15, 0.2) is 55.0 Å². The third-order valence-electron chi connectivity index (χ3n) is 5.73. The van der Waals surface area contributed by atoms with E-state index in [2.05, 4.69) is 20.2 Å². The van der Waals surface area contributed by atoms with Crippen molar-refractivity contribution in [1.82, 2.24) is 15.0 Å². The molecule has 1 saturated heterocycles. The van der Waals surface area contributed by atoms with Crippen molar-refractivity contribution in [3.05, 3.63) is 71.9 Å². The molecule has 1 fully saturated rings. The molecule has 0 saturated carbocycles. The van der Waals surface area contributed by atoms with Crippen molar-refractivity contribution in [2.24, 2.45) is 0 Å². The number of morpholine rings is 1. The Morgan fingerprint density at radius 2 is 1.91 bits per heavy atom. The Morgan fingerprint density at radius 1 is 1.06 bits per heavy atom. The maximum Gasteiger partial charge on any atom is 0.134 e. The van der Waals surface area contributed by atoms with E-state index >= 15 is 0 Å². The first-order chi connectivity index (χ1) is 15.6. The van der Waals surface area contributed by atoms with E-state index < -0.39 is 0 Å². The fourth-order valence-electron chi connectivity index (χ4n) is 4.07. The molecule has 162 valence electrons. The summed E-state index contributed by atoms with van der Waals surface area (Å²) in [5, 5.41) is 3.89. The molecule has 5 rings (SSSR count).